The van der Waals surface area contributed by atoms with Gasteiger partial charge in [0, 0.05) is 5.69 Å². The summed E-state index contributed by atoms with van der Waals surface area (Å²) in [7, 11) is 0. The van der Waals surface area contributed by atoms with E-state index in [1.165, 1.54) is 11.6 Å². The monoisotopic (exact) mass is 271 g/mol. The minimum Gasteiger partial charge on any atom is -0.478 e. The van der Waals surface area contributed by atoms with Crippen molar-refractivity contribution < 1.29 is 14.6 Å². The Morgan fingerprint density at radius 1 is 1.20 bits per heavy atom. The third kappa shape index (κ3) is 2.91. The minimum atomic E-state index is -1.06. The summed E-state index contributed by atoms with van der Waals surface area (Å²) < 4.78 is 5.69. The molecule has 0 bridgehead atoms. The van der Waals surface area contributed by atoms with Crippen molar-refractivity contribution in [1.82, 2.24) is 0 Å². The summed E-state index contributed by atoms with van der Waals surface area (Å²) in [6, 6.07) is 10.9. The molecule has 4 heteroatoms. The highest BCUT2D eigenvalue weighted by Crippen LogP contribution is 2.28. The molecule has 2 aromatic carbocycles. The third-order valence-electron chi connectivity index (χ3n) is 3.16. The molecule has 0 amide bonds. The second kappa shape index (κ2) is 5.65. The van der Waals surface area contributed by atoms with E-state index in [0.717, 1.165) is 6.42 Å². The van der Waals surface area contributed by atoms with Crippen LogP contribution in [0.5, 0.6) is 11.5 Å². The van der Waals surface area contributed by atoms with Gasteiger partial charge in [-0.15, -0.1) is 0 Å². The first kappa shape index (κ1) is 13.9. The van der Waals surface area contributed by atoms with Gasteiger partial charge < -0.3 is 15.6 Å². The molecule has 0 aromatic heterocycles. The van der Waals surface area contributed by atoms with Crippen molar-refractivity contribution in [1.29, 1.82) is 0 Å². The standard InChI is InChI=1S/C16H17NO3/c1-3-11-4-6-12(7-5-11)20-13-8-10(2)15(17)14(9-13)16(18)19/h4-9H,3,17H2,1-2H3,(H,18,19). The van der Waals surface area contributed by atoms with Crippen molar-refractivity contribution >= 4 is 11.7 Å². The smallest absolute Gasteiger partial charge is 0.337 e. The second-order valence-corrected chi connectivity index (χ2v) is 4.61. The molecule has 0 unspecified atom stereocenters. The van der Waals surface area contributed by atoms with Crippen molar-refractivity contribution in [3.05, 3.63) is 53.1 Å². The lowest BCUT2D eigenvalue weighted by molar-refractivity contribution is 0.0697. The Balaban J connectivity index is 2.31. The van der Waals surface area contributed by atoms with Gasteiger partial charge in [-0.05, 0) is 48.7 Å². The number of ether oxygens (including phenoxy) is 1. The Bertz CT molecular complexity index is 633. The largest absolute Gasteiger partial charge is 0.478 e. The van der Waals surface area contributed by atoms with Gasteiger partial charge in [0.25, 0.3) is 0 Å². The van der Waals surface area contributed by atoms with Crippen molar-refractivity contribution in [3.8, 4) is 11.5 Å². The van der Waals surface area contributed by atoms with Gasteiger partial charge in [0.1, 0.15) is 11.5 Å². The zero-order valence-corrected chi connectivity index (χ0v) is 11.5. The molecule has 104 valence electrons. The van der Waals surface area contributed by atoms with Crippen LogP contribution in [0.1, 0.15) is 28.4 Å². The molecule has 0 atom stereocenters. The van der Waals surface area contributed by atoms with Crippen molar-refractivity contribution in [2.45, 2.75) is 20.3 Å². The van der Waals surface area contributed by atoms with E-state index >= 15 is 0 Å². The molecule has 0 aliphatic rings. The van der Waals surface area contributed by atoms with Crippen LogP contribution in [0.15, 0.2) is 36.4 Å². The minimum absolute atomic E-state index is 0.0604. The summed E-state index contributed by atoms with van der Waals surface area (Å²) >= 11 is 0. The van der Waals surface area contributed by atoms with Crippen molar-refractivity contribution in [2.24, 2.45) is 0 Å². The Hall–Kier alpha value is -2.49. The van der Waals surface area contributed by atoms with Gasteiger partial charge in [-0.25, -0.2) is 4.79 Å². The maximum absolute atomic E-state index is 11.1. The van der Waals surface area contributed by atoms with E-state index in [-0.39, 0.29) is 11.3 Å². The average Bonchev–Trinajstić information content (AvgIpc) is 2.43. The van der Waals surface area contributed by atoms with Crippen LogP contribution >= 0.6 is 0 Å². The van der Waals surface area contributed by atoms with Gasteiger partial charge in [0.2, 0.25) is 0 Å². The van der Waals surface area contributed by atoms with E-state index in [1.54, 1.807) is 13.0 Å². The molecular formula is C16H17NO3. The Kier molecular flexibility index (Phi) is 3.94. The zero-order chi connectivity index (χ0) is 14.7. The number of aromatic carboxylic acids is 1. The van der Waals surface area contributed by atoms with E-state index in [4.69, 9.17) is 15.6 Å². The molecule has 4 nitrogen and oxygen atoms in total. The number of nitrogen functional groups attached to an aromatic ring is 1. The van der Waals surface area contributed by atoms with E-state index in [1.807, 2.05) is 24.3 Å². The highest BCUT2D eigenvalue weighted by molar-refractivity contribution is 5.95. The van der Waals surface area contributed by atoms with Crippen LogP contribution in [0.25, 0.3) is 0 Å². The summed E-state index contributed by atoms with van der Waals surface area (Å²) in [5.74, 6) is 0.0819. The summed E-state index contributed by atoms with van der Waals surface area (Å²) in [6.07, 6.45) is 0.963. The van der Waals surface area contributed by atoms with Crippen LogP contribution < -0.4 is 10.5 Å². The van der Waals surface area contributed by atoms with Crippen LogP contribution in [0, 0.1) is 6.92 Å². The van der Waals surface area contributed by atoms with Crippen LogP contribution in [0.3, 0.4) is 0 Å². The molecule has 0 fully saturated rings. The molecule has 0 aliphatic carbocycles. The molecule has 3 N–H and O–H groups in total. The number of hydrogen-bond acceptors (Lipinski definition) is 3. The maximum Gasteiger partial charge on any atom is 0.337 e. The van der Waals surface area contributed by atoms with Gasteiger partial charge in [0.05, 0.1) is 5.56 Å². The fourth-order valence-electron chi connectivity index (χ4n) is 1.93. The molecule has 20 heavy (non-hydrogen) atoms. The molecule has 0 spiro atoms. The molecule has 0 saturated carbocycles. The summed E-state index contributed by atoms with van der Waals surface area (Å²) in [6.45, 7) is 3.84. The zero-order valence-electron chi connectivity index (χ0n) is 11.5. The lowest BCUT2D eigenvalue weighted by Gasteiger charge is -2.11. The fourth-order valence-corrected chi connectivity index (χ4v) is 1.93. The summed E-state index contributed by atoms with van der Waals surface area (Å²) in [4.78, 5) is 11.1. The molecule has 0 aliphatic heterocycles. The summed E-state index contributed by atoms with van der Waals surface area (Å²) in [5, 5.41) is 9.11. The highest BCUT2D eigenvalue weighted by Gasteiger charge is 2.12. The first-order valence-corrected chi connectivity index (χ1v) is 6.41. The van der Waals surface area contributed by atoms with Gasteiger partial charge in [0.15, 0.2) is 0 Å². The molecule has 2 aromatic rings. The predicted octanol–water partition coefficient (Wildman–Crippen LogP) is 3.63. The van der Waals surface area contributed by atoms with E-state index < -0.39 is 5.97 Å². The van der Waals surface area contributed by atoms with E-state index in [2.05, 4.69) is 6.92 Å². The first-order valence-electron chi connectivity index (χ1n) is 6.41. The predicted molar refractivity (Wildman–Crippen MR) is 78.4 cm³/mol. The normalized spacial score (nSPS) is 10.3. The van der Waals surface area contributed by atoms with Crippen LogP contribution in [0.2, 0.25) is 0 Å². The Labute approximate surface area is 117 Å². The Morgan fingerprint density at radius 2 is 1.85 bits per heavy atom. The Morgan fingerprint density at radius 3 is 2.40 bits per heavy atom. The van der Waals surface area contributed by atoms with Crippen molar-refractivity contribution in [3.63, 3.8) is 0 Å². The van der Waals surface area contributed by atoms with E-state index in [0.29, 0.717) is 17.1 Å². The van der Waals surface area contributed by atoms with Crippen LogP contribution in [0.4, 0.5) is 5.69 Å². The SMILES string of the molecule is CCc1ccc(Oc2cc(C)c(N)c(C(=O)O)c2)cc1. The van der Waals surface area contributed by atoms with Crippen LogP contribution in [-0.2, 0) is 6.42 Å². The average molecular weight is 271 g/mol. The van der Waals surface area contributed by atoms with Gasteiger partial charge in [-0.3, -0.25) is 0 Å². The van der Waals surface area contributed by atoms with Gasteiger partial charge in [-0.2, -0.15) is 0 Å². The lowest BCUT2D eigenvalue weighted by atomic mass is 10.1. The first-order chi connectivity index (χ1) is 9.51. The lowest BCUT2D eigenvalue weighted by Crippen LogP contribution is -2.04. The van der Waals surface area contributed by atoms with Crippen molar-refractivity contribution in [2.75, 3.05) is 5.73 Å². The number of hydrogen-bond donors (Lipinski definition) is 2. The van der Waals surface area contributed by atoms with E-state index in [9.17, 15) is 4.79 Å². The van der Waals surface area contributed by atoms with Crippen LogP contribution in [-0.4, -0.2) is 11.1 Å². The number of benzene rings is 2. The second-order valence-electron chi connectivity index (χ2n) is 4.61. The molecular weight excluding hydrogens is 254 g/mol. The highest BCUT2D eigenvalue weighted by atomic mass is 16.5. The number of carbonyl (C=O) groups is 1. The fraction of sp³-hybridized carbons (Fsp3) is 0.188. The number of anilines is 1. The maximum atomic E-state index is 11.1. The molecule has 0 radical (unpaired) electrons. The summed E-state index contributed by atoms with van der Waals surface area (Å²) in [5.41, 5.74) is 7.98. The number of carboxylic acid groups (broad SMARTS) is 1. The number of nitrogens with two attached hydrogens (primary N) is 1. The number of carboxylic acids is 1. The third-order valence-corrected chi connectivity index (χ3v) is 3.16. The molecule has 2 rings (SSSR count). The molecule has 0 saturated heterocycles. The molecule has 0 heterocycles. The quantitative estimate of drug-likeness (QED) is 0.833. The van der Waals surface area contributed by atoms with Gasteiger partial charge in [-0.1, -0.05) is 19.1 Å². The number of aryl methyl sites for hydroxylation is 2. The topological polar surface area (TPSA) is 72.5 Å². The number of rotatable bonds is 4. The van der Waals surface area contributed by atoms with Gasteiger partial charge >= 0.3 is 5.97 Å².